The highest BCUT2D eigenvalue weighted by molar-refractivity contribution is 5.81. The fraction of sp³-hybridized carbons (Fsp3) is 0.167. The molecule has 1 atom stereocenters. The minimum atomic E-state index is -0.287. The van der Waals surface area contributed by atoms with Crippen LogP contribution in [0.15, 0.2) is 23.9 Å². The number of fused-ring (bicyclic) bond motifs is 1. The quantitative estimate of drug-likeness (QED) is 0.455. The Hall–Kier alpha value is -1.45. The van der Waals surface area contributed by atoms with Crippen LogP contribution in [0.25, 0.3) is 0 Å². The van der Waals surface area contributed by atoms with Crippen LogP contribution in [-0.2, 0) is 0 Å². The maximum atomic E-state index is 10.9. The van der Waals surface area contributed by atoms with Crippen molar-refractivity contribution in [3.63, 3.8) is 0 Å². The zero-order chi connectivity index (χ0) is 6.97. The molecule has 2 aliphatic rings. The van der Waals surface area contributed by atoms with Crippen molar-refractivity contribution in [2.24, 2.45) is 0 Å². The van der Waals surface area contributed by atoms with E-state index in [2.05, 4.69) is 10.5 Å². The normalized spacial score (nSPS) is 27.8. The van der Waals surface area contributed by atoms with Gasteiger partial charge in [-0.1, -0.05) is 5.43 Å². The molecule has 0 aromatic heterocycles. The first kappa shape index (κ1) is 5.34. The van der Waals surface area contributed by atoms with Crippen molar-refractivity contribution < 1.29 is 4.76 Å². The van der Waals surface area contributed by atoms with Crippen LogP contribution in [0.2, 0.25) is 0 Å². The number of hydrazone groups is 1. The van der Waals surface area contributed by atoms with E-state index in [0.29, 0.717) is 0 Å². The second-order valence-electron chi connectivity index (χ2n) is 2.16. The van der Waals surface area contributed by atoms with Gasteiger partial charge >= 0.3 is 6.17 Å². The first-order valence-electron chi connectivity index (χ1n) is 3.00. The second kappa shape index (κ2) is 1.76. The number of hydrogen-bond donors (Lipinski definition) is 1. The SMILES string of the molecule is O=[N+]1C=CC=C2C=[N+]NC21. The summed E-state index contributed by atoms with van der Waals surface area (Å²) < 4.78 is 0.836. The van der Waals surface area contributed by atoms with Gasteiger partial charge in [0, 0.05) is 11.0 Å². The first-order chi connectivity index (χ1) is 4.88. The van der Waals surface area contributed by atoms with Crippen molar-refractivity contribution in [2.45, 2.75) is 6.17 Å². The van der Waals surface area contributed by atoms with Crippen LogP contribution in [0.3, 0.4) is 0 Å². The molecule has 0 aromatic rings. The zero-order valence-corrected chi connectivity index (χ0v) is 5.19. The molecular weight excluding hydrogens is 130 g/mol. The van der Waals surface area contributed by atoms with E-state index in [1.54, 1.807) is 12.3 Å². The summed E-state index contributed by atoms with van der Waals surface area (Å²) in [5.74, 6) is 0. The van der Waals surface area contributed by atoms with Gasteiger partial charge in [-0.25, -0.2) is 0 Å². The molecule has 4 heteroatoms. The molecule has 49 valence electrons. The third kappa shape index (κ3) is 0.586. The van der Waals surface area contributed by atoms with E-state index in [0.717, 1.165) is 10.3 Å². The molecule has 0 aromatic carbocycles. The second-order valence-corrected chi connectivity index (χ2v) is 2.16. The lowest BCUT2D eigenvalue weighted by Gasteiger charge is -1.96. The number of allylic oxidation sites excluding steroid dienone is 2. The highest BCUT2D eigenvalue weighted by atomic mass is 16.3. The molecule has 1 radical (unpaired) electrons. The molecule has 0 spiro atoms. The van der Waals surface area contributed by atoms with Crippen LogP contribution in [0.5, 0.6) is 0 Å². The molecular formula is C6H6N3O+2. The summed E-state index contributed by atoms with van der Waals surface area (Å²) in [4.78, 5) is 10.9. The molecule has 0 bridgehead atoms. The summed E-state index contributed by atoms with van der Waals surface area (Å²) in [6.07, 6.45) is 6.40. The van der Waals surface area contributed by atoms with Gasteiger partial charge in [0.25, 0.3) is 6.21 Å². The van der Waals surface area contributed by atoms with Gasteiger partial charge in [0.05, 0.1) is 4.76 Å². The van der Waals surface area contributed by atoms with E-state index >= 15 is 0 Å². The number of nitrogens with zero attached hydrogens (tertiary/aromatic N) is 2. The van der Waals surface area contributed by atoms with Crippen molar-refractivity contribution in [1.82, 2.24) is 10.5 Å². The Balaban J connectivity index is 2.40. The largest absolute Gasteiger partial charge is 0.361 e. The van der Waals surface area contributed by atoms with Gasteiger partial charge in [-0.15, -0.1) is 0 Å². The zero-order valence-electron chi connectivity index (χ0n) is 5.19. The van der Waals surface area contributed by atoms with Crippen LogP contribution in [-0.4, -0.2) is 17.1 Å². The Labute approximate surface area is 57.5 Å². The van der Waals surface area contributed by atoms with Crippen molar-refractivity contribution >= 4 is 6.21 Å². The molecule has 0 aliphatic carbocycles. The summed E-state index contributed by atoms with van der Waals surface area (Å²) in [6, 6.07) is 0. The van der Waals surface area contributed by atoms with Crippen molar-refractivity contribution in [1.29, 1.82) is 0 Å². The molecule has 2 aliphatic heterocycles. The minimum absolute atomic E-state index is 0.287. The molecule has 1 N–H and O–H groups in total. The Bertz CT molecular complexity index is 264. The molecule has 2 heterocycles. The lowest BCUT2D eigenvalue weighted by atomic mass is 10.2. The summed E-state index contributed by atoms with van der Waals surface area (Å²) in [6.45, 7) is 0. The maximum Gasteiger partial charge on any atom is 0.361 e. The highest BCUT2D eigenvalue weighted by Crippen LogP contribution is 2.08. The minimum Gasteiger partial charge on any atom is -0.0569 e. The third-order valence-corrected chi connectivity index (χ3v) is 1.50. The summed E-state index contributed by atoms with van der Waals surface area (Å²) in [5.41, 5.74) is 3.59. The predicted octanol–water partition coefficient (Wildman–Crippen LogP) is -0.530. The molecule has 0 fully saturated rings. The van der Waals surface area contributed by atoms with Crippen LogP contribution in [0, 0.1) is 4.91 Å². The molecule has 0 saturated heterocycles. The average Bonchev–Trinajstić information content (AvgIpc) is 2.36. The summed E-state index contributed by atoms with van der Waals surface area (Å²) >= 11 is 0. The Morgan fingerprint density at radius 2 is 2.60 bits per heavy atom. The van der Waals surface area contributed by atoms with Crippen molar-refractivity contribution in [3.8, 4) is 0 Å². The smallest absolute Gasteiger partial charge is 0.0569 e. The van der Waals surface area contributed by atoms with E-state index in [1.165, 1.54) is 6.20 Å². The third-order valence-electron chi connectivity index (χ3n) is 1.50. The summed E-state index contributed by atoms with van der Waals surface area (Å²) in [7, 11) is 0. The maximum absolute atomic E-state index is 10.9. The molecule has 0 saturated carbocycles. The number of hydrogen-bond acceptors (Lipinski definition) is 3. The lowest BCUT2D eigenvalue weighted by molar-refractivity contribution is -0.517. The molecule has 1 unspecified atom stereocenters. The molecule has 10 heavy (non-hydrogen) atoms. The monoisotopic (exact) mass is 136 g/mol. The fourth-order valence-corrected chi connectivity index (χ4v) is 0.991. The van der Waals surface area contributed by atoms with Gasteiger partial charge in [-0.2, -0.15) is 0 Å². The van der Waals surface area contributed by atoms with E-state index in [9.17, 15) is 4.91 Å². The van der Waals surface area contributed by atoms with Gasteiger partial charge in [0.1, 0.15) is 5.57 Å². The molecule has 4 nitrogen and oxygen atoms in total. The van der Waals surface area contributed by atoms with Gasteiger partial charge in [0.15, 0.2) is 5.10 Å². The molecule has 0 amide bonds. The van der Waals surface area contributed by atoms with E-state index in [-0.39, 0.29) is 6.17 Å². The standard InChI is InChI=1S/C6H6N3O/c10-9-3-1-2-5-4-7-8-6(5)9/h1-4,6,8H/q+2. The predicted molar refractivity (Wildman–Crippen MR) is 36.0 cm³/mol. The van der Waals surface area contributed by atoms with Gasteiger partial charge in [-0.05, 0) is 6.08 Å². The first-order valence-corrected chi connectivity index (χ1v) is 3.00. The lowest BCUT2D eigenvalue weighted by Crippen LogP contribution is -2.34. The average molecular weight is 136 g/mol. The number of nitrogens with one attached hydrogen (secondary N) is 1. The fourth-order valence-electron chi connectivity index (χ4n) is 0.991. The van der Waals surface area contributed by atoms with Gasteiger partial charge in [-0.3, -0.25) is 0 Å². The van der Waals surface area contributed by atoms with Crippen LogP contribution >= 0.6 is 0 Å². The molecule has 2 rings (SSSR count). The topological polar surface area (TPSA) is 46.2 Å². The van der Waals surface area contributed by atoms with Crippen molar-refractivity contribution in [3.05, 3.63) is 28.8 Å². The van der Waals surface area contributed by atoms with E-state index in [1.807, 2.05) is 6.08 Å². The number of nitroso groups, excluding NO2 is 1. The van der Waals surface area contributed by atoms with Crippen LogP contribution in [0.1, 0.15) is 0 Å². The van der Waals surface area contributed by atoms with Crippen LogP contribution < -0.4 is 10.5 Å². The Morgan fingerprint density at radius 1 is 1.70 bits per heavy atom. The van der Waals surface area contributed by atoms with Crippen molar-refractivity contribution in [2.75, 3.05) is 0 Å². The Morgan fingerprint density at radius 3 is 3.40 bits per heavy atom. The van der Waals surface area contributed by atoms with E-state index in [4.69, 9.17) is 0 Å². The number of rotatable bonds is 0. The van der Waals surface area contributed by atoms with Gasteiger partial charge in [0.2, 0.25) is 6.20 Å². The van der Waals surface area contributed by atoms with E-state index < -0.39 is 0 Å². The Kier molecular flexibility index (Phi) is 0.943. The summed E-state index contributed by atoms with van der Waals surface area (Å²) in [5, 5.41) is 3.75. The van der Waals surface area contributed by atoms with Gasteiger partial charge < -0.3 is 0 Å². The van der Waals surface area contributed by atoms with Crippen LogP contribution in [0.4, 0.5) is 0 Å². The highest BCUT2D eigenvalue weighted by Gasteiger charge is 2.39.